The highest BCUT2D eigenvalue weighted by atomic mass is 16.5. The lowest BCUT2D eigenvalue weighted by Crippen LogP contribution is -2.40. The number of anilines is 1. The summed E-state index contributed by atoms with van der Waals surface area (Å²) in [6.45, 7) is 6.05. The van der Waals surface area contributed by atoms with Crippen LogP contribution in [-0.4, -0.2) is 30.2 Å². The monoisotopic (exact) mass is 252 g/mol. The van der Waals surface area contributed by atoms with Gasteiger partial charge in [0.1, 0.15) is 5.60 Å². The number of hydrogen-bond donors (Lipinski definition) is 1. The first-order valence-corrected chi connectivity index (χ1v) is 5.95. The number of hydrogen-bond acceptors (Lipinski definition) is 4. The molecule has 0 spiro atoms. The van der Waals surface area contributed by atoms with Gasteiger partial charge in [0.05, 0.1) is 19.0 Å². The van der Waals surface area contributed by atoms with Gasteiger partial charge in [0.25, 0.3) is 5.91 Å². The van der Waals surface area contributed by atoms with E-state index in [9.17, 15) is 4.79 Å². The summed E-state index contributed by atoms with van der Waals surface area (Å²) in [6.07, 6.45) is 2.42. The van der Waals surface area contributed by atoms with Crippen LogP contribution in [0.1, 0.15) is 27.2 Å². The first-order chi connectivity index (χ1) is 8.49. The van der Waals surface area contributed by atoms with Crippen molar-refractivity contribution < 1.29 is 14.3 Å². The van der Waals surface area contributed by atoms with Crippen LogP contribution in [0.15, 0.2) is 18.3 Å². The quantitative estimate of drug-likeness (QED) is 0.843. The zero-order chi connectivity index (χ0) is 13.6. The Bertz CT molecular complexity index is 388. The van der Waals surface area contributed by atoms with Crippen LogP contribution in [0.4, 0.5) is 5.69 Å². The van der Waals surface area contributed by atoms with Gasteiger partial charge in [-0.15, -0.1) is 0 Å². The van der Waals surface area contributed by atoms with Crippen molar-refractivity contribution in [3.05, 3.63) is 18.3 Å². The summed E-state index contributed by atoms with van der Waals surface area (Å²) in [6, 6.07) is 3.43. The maximum atomic E-state index is 12.0. The van der Waals surface area contributed by atoms with E-state index in [1.54, 1.807) is 39.3 Å². The van der Waals surface area contributed by atoms with Crippen LogP contribution in [0.3, 0.4) is 0 Å². The molecule has 0 aromatic carbocycles. The summed E-state index contributed by atoms with van der Waals surface area (Å²) in [4.78, 5) is 16.0. The molecule has 0 atom stereocenters. The Morgan fingerprint density at radius 3 is 2.67 bits per heavy atom. The highest BCUT2D eigenvalue weighted by Crippen LogP contribution is 2.16. The predicted molar refractivity (Wildman–Crippen MR) is 69.7 cm³/mol. The molecule has 0 bridgehead atoms. The Morgan fingerprint density at radius 1 is 1.44 bits per heavy atom. The van der Waals surface area contributed by atoms with Crippen molar-refractivity contribution in [3.8, 4) is 5.88 Å². The molecule has 1 aromatic rings. The average molecular weight is 252 g/mol. The second kappa shape index (κ2) is 6.35. The van der Waals surface area contributed by atoms with Crippen molar-refractivity contribution in [3.63, 3.8) is 0 Å². The summed E-state index contributed by atoms with van der Waals surface area (Å²) in [5, 5.41) is 2.76. The van der Waals surface area contributed by atoms with Gasteiger partial charge in [0, 0.05) is 12.7 Å². The number of aromatic nitrogens is 1. The summed E-state index contributed by atoms with van der Waals surface area (Å²) >= 11 is 0. The minimum Gasteiger partial charge on any atom is -0.481 e. The van der Waals surface area contributed by atoms with Crippen molar-refractivity contribution in [1.29, 1.82) is 0 Å². The molecular formula is C13H20N2O3. The van der Waals surface area contributed by atoms with E-state index in [1.807, 2.05) is 6.92 Å². The van der Waals surface area contributed by atoms with Gasteiger partial charge in [-0.05, 0) is 26.3 Å². The van der Waals surface area contributed by atoms with Crippen LogP contribution in [0.25, 0.3) is 0 Å². The summed E-state index contributed by atoms with van der Waals surface area (Å²) in [7, 11) is 1.54. The molecule has 100 valence electrons. The Labute approximate surface area is 108 Å². The third kappa shape index (κ3) is 4.00. The lowest BCUT2D eigenvalue weighted by atomic mass is 10.1. The molecule has 0 unspecified atom stereocenters. The van der Waals surface area contributed by atoms with E-state index in [0.717, 1.165) is 6.42 Å². The standard InChI is InChI=1S/C13H20N2O3/c1-5-8-18-13(2,3)12(16)15-10-6-7-11(17-4)14-9-10/h6-7,9H,5,8H2,1-4H3,(H,15,16). The zero-order valence-electron chi connectivity index (χ0n) is 11.3. The fourth-order valence-corrected chi connectivity index (χ4v) is 1.28. The molecule has 18 heavy (non-hydrogen) atoms. The van der Waals surface area contributed by atoms with Crippen molar-refractivity contribution in [2.45, 2.75) is 32.8 Å². The first kappa shape index (κ1) is 14.4. The van der Waals surface area contributed by atoms with Gasteiger partial charge in [-0.1, -0.05) is 6.92 Å². The molecule has 0 aliphatic heterocycles. The van der Waals surface area contributed by atoms with Crippen molar-refractivity contribution >= 4 is 11.6 Å². The van der Waals surface area contributed by atoms with E-state index in [2.05, 4.69) is 10.3 Å². The molecule has 5 nitrogen and oxygen atoms in total. The minimum atomic E-state index is -0.851. The van der Waals surface area contributed by atoms with Crippen LogP contribution < -0.4 is 10.1 Å². The number of pyridine rings is 1. The summed E-state index contributed by atoms with van der Waals surface area (Å²) in [5.74, 6) is 0.317. The van der Waals surface area contributed by atoms with Gasteiger partial charge in [0.2, 0.25) is 5.88 Å². The zero-order valence-corrected chi connectivity index (χ0v) is 11.3. The molecule has 1 aromatic heterocycles. The molecule has 5 heteroatoms. The molecule has 0 aliphatic carbocycles. The predicted octanol–water partition coefficient (Wildman–Crippen LogP) is 2.23. The molecule has 0 saturated heterocycles. The van der Waals surface area contributed by atoms with Crippen LogP contribution in [-0.2, 0) is 9.53 Å². The second-order valence-corrected chi connectivity index (χ2v) is 4.40. The summed E-state index contributed by atoms with van der Waals surface area (Å²) < 4.78 is 10.4. The Morgan fingerprint density at radius 2 is 2.17 bits per heavy atom. The molecule has 1 N–H and O–H groups in total. The highest BCUT2D eigenvalue weighted by molar-refractivity contribution is 5.96. The fourth-order valence-electron chi connectivity index (χ4n) is 1.28. The number of amides is 1. The maximum absolute atomic E-state index is 12.0. The Balaban J connectivity index is 2.62. The van der Waals surface area contributed by atoms with E-state index >= 15 is 0 Å². The molecule has 0 aliphatic rings. The highest BCUT2D eigenvalue weighted by Gasteiger charge is 2.28. The van der Waals surface area contributed by atoms with Crippen molar-refractivity contribution in [2.24, 2.45) is 0 Å². The van der Waals surface area contributed by atoms with E-state index in [-0.39, 0.29) is 5.91 Å². The Hall–Kier alpha value is -1.62. The normalized spacial score (nSPS) is 11.1. The fraction of sp³-hybridized carbons (Fsp3) is 0.538. The third-order valence-corrected chi connectivity index (χ3v) is 2.42. The van der Waals surface area contributed by atoms with E-state index in [1.165, 1.54) is 0 Å². The largest absolute Gasteiger partial charge is 0.481 e. The SMILES string of the molecule is CCCOC(C)(C)C(=O)Nc1ccc(OC)nc1. The number of methoxy groups -OCH3 is 1. The number of nitrogens with zero attached hydrogens (tertiary/aromatic N) is 1. The van der Waals surface area contributed by atoms with Gasteiger partial charge >= 0.3 is 0 Å². The van der Waals surface area contributed by atoms with Crippen LogP contribution in [0, 0.1) is 0 Å². The van der Waals surface area contributed by atoms with E-state index < -0.39 is 5.60 Å². The van der Waals surface area contributed by atoms with Crippen molar-refractivity contribution in [2.75, 3.05) is 19.0 Å². The Kier molecular flexibility index (Phi) is 5.09. The number of carbonyl (C=O) groups is 1. The average Bonchev–Trinajstić information content (AvgIpc) is 2.37. The number of carbonyl (C=O) groups excluding carboxylic acids is 1. The maximum Gasteiger partial charge on any atom is 0.256 e. The lowest BCUT2D eigenvalue weighted by molar-refractivity contribution is -0.137. The van der Waals surface area contributed by atoms with Gasteiger partial charge in [-0.3, -0.25) is 4.79 Å². The summed E-state index contributed by atoms with van der Waals surface area (Å²) in [5.41, 5.74) is -0.232. The molecule has 1 amide bonds. The molecule has 1 rings (SSSR count). The van der Waals surface area contributed by atoms with Crippen LogP contribution in [0.2, 0.25) is 0 Å². The molecule has 0 saturated carbocycles. The van der Waals surface area contributed by atoms with Gasteiger partial charge in [0.15, 0.2) is 0 Å². The second-order valence-electron chi connectivity index (χ2n) is 4.40. The topological polar surface area (TPSA) is 60.5 Å². The van der Waals surface area contributed by atoms with Gasteiger partial charge in [-0.2, -0.15) is 0 Å². The lowest BCUT2D eigenvalue weighted by Gasteiger charge is -2.23. The van der Waals surface area contributed by atoms with Crippen LogP contribution >= 0.6 is 0 Å². The van der Waals surface area contributed by atoms with E-state index in [0.29, 0.717) is 18.2 Å². The molecular weight excluding hydrogens is 232 g/mol. The number of rotatable bonds is 6. The van der Waals surface area contributed by atoms with Crippen molar-refractivity contribution in [1.82, 2.24) is 4.98 Å². The molecule has 0 fully saturated rings. The van der Waals surface area contributed by atoms with Gasteiger partial charge in [-0.25, -0.2) is 4.98 Å². The third-order valence-electron chi connectivity index (χ3n) is 2.42. The molecule has 0 radical (unpaired) electrons. The molecule has 1 heterocycles. The first-order valence-electron chi connectivity index (χ1n) is 5.95. The number of ether oxygens (including phenoxy) is 2. The number of nitrogens with one attached hydrogen (secondary N) is 1. The minimum absolute atomic E-state index is 0.192. The van der Waals surface area contributed by atoms with E-state index in [4.69, 9.17) is 9.47 Å². The smallest absolute Gasteiger partial charge is 0.256 e. The van der Waals surface area contributed by atoms with Gasteiger partial charge < -0.3 is 14.8 Å². The van der Waals surface area contributed by atoms with Crippen LogP contribution in [0.5, 0.6) is 5.88 Å².